The summed E-state index contributed by atoms with van der Waals surface area (Å²) < 4.78 is 0. The molecule has 1 aliphatic heterocycles. The zero-order chi connectivity index (χ0) is 8.39. The van der Waals surface area contributed by atoms with E-state index in [4.69, 9.17) is 5.84 Å². The first kappa shape index (κ1) is 7.58. The summed E-state index contributed by atoms with van der Waals surface area (Å²) in [5.41, 5.74) is 6.58. The molecule has 64 valence electrons. The Morgan fingerprint density at radius 2 is 2.42 bits per heavy atom. The average molecular weight is 163 g/mol. The van der Waals surface area contributed by atoms with Crippen LogP contribution in [0.25, 0.3) is 0 Å². The van der Waals surface area contributed by atoms with Crippen LogP contribution in [-0.4, -0.2) is 6.54 Å². The zero-order valence-corrected chi connectivity index (χ0v) is 6.93. The lowest BCUT2D eigenvalue weighted by molar-refractivity contribution is 0.741. The number of benzene rings is 1. The third kappa shape index (κ3) is 1.29. The van der Waals surface area contributed by atoms with Crippen LogP contribution in [0.5, 0.6) is 0 Å². The topological polar surface area (TPSA) is 50.1 Å². The lowest BCUT2D eigenvalue weighted by Crippen LogP contribution is -2.20. The van der Waals surface area contributed by atoms with Crippen LogP contribution in [-0.2, 0) is 13.0 Å². The zero-order valence-electron chi connectivity index (χ0n) is 6.93. The van der Waals surface area contributed by atoms with Crippen LogP contribution < -0.4 is 16.6 Å². The quantitative estimate of drug-likeness (QED) is 0.442. The Kier molecular flexibility index (Phi) is 1.98. The number of fused-ring (bicyclic) bond motifs is 1. The third-order valence-corrected chi connectivity index (χ3v) is 2.19. The van der Waals surface area contributed by atoms with Crippen LogP contribution in [0.3, 0.4) is 0 Å². The summed E-state index contributed by atoms with van der Waals surface area (Å²) in [4.78, 5) is 0. The third-order valence-electron chi connectivity index (χ3n) is 2.19. The van der Waals surface area contributed by atoms with Crippen LogP contribution in [0.4, 0.5) is 5.69 Å². The summed E-state index contributed by atoms with van der Waals surface area (Å²) in [5.74, 6) is 5.24. The Morgan fingerprint density at radius 1 is 1.50 bits per heavy atom. The van der Waals surface area contributed by atoms with Gasteiger partial charge < -0.3 is 5.32 Å². The van der Waals surface area contributed by atoms with Crippen LogP contribution in [0.15, 0.2) is 18.2 Å². The number of rotatable bonds is 2. The van der Waals surface area contributed by atoms with Crippen molar-refractivity contribution >= 4 is 5.69 Å². The lowest BCUT2D eigenvalue weighted by atomic mass is 10.1. The van der Waals surface area contributed by atoms with Gasteiger partial charge >= 0.3 is 0 Å². The minimum Gasteiger partial charge on any atom is -0.384 e. The van der Waals surface area contributed by atoms with Crippen molar-refractivity contribution in [2.24, 2.45) is 5.84 Å². The molecule has 0 aromatic heterocycles. The summed E-state index contributed by atoms with van der Waals surface area (Å²) in [7, 11) is 0. The number of anilines is 1. The van der Waals surface area contributed by atoms with E-state index in [1.165, 1.54) is 16.8 Å². The van der Waals surface area contributed by atoms with Crippen LogP contribution in [0, 0.1) is 0 Å². The first-order valence-corrected chi connectivity index (χ1v) is 4.19. The van der Waals surface area contributed by atoms with E-state index in [0.29, 0.717) is 0 Å². The monoisotopic (exact) mass is 163 g/mol. The Morgan fingerprint density at radius 3 is 3.25 bits per heavy atom. The van der Waals surface area contributed by atoms with Crippen molar-refractivity contribution in [3.05, 3.63) is 29.3 Å². The molecule has 0 atom stereocenters. The Balaban J connectivity index is 2.26. The number of hydrazine groups is 1. The Hall–Kier alpha value is -1.06. The van der Waals surface area contributed by atoms with E-state index in [0.717, 1.165) is 19.5 Å². The van der Waals surface area contributed by atoms with Crippen molar-refractivity contribution in [1.29, 1.82) is 0 Å². The van der Waals surface area contributed by atoms with Gasteiger partial charge in [-0.1, -0.05) is 12.1 Å². The minimum absolute atomic E-state index is 0.743. The van der Waals surface area contributed by atoms with Gasteiger partial charge in [-0.25, -0.2) is 0 Å². The smallest absolute Gasteiger partial charge is 0.0373 e. The van der Waals surface area contributed by atoms with E-state index in [2.05, 4.69) is 28.9 Å². The highest BCUT2D eigenvalue weighted by atomic mass is 15.2. The van der Waals surface area contributed by atoms with Crippen LogP contribution >= 0.6 is 0 Å². The molecule has 0 aliphatic carbocycles. The molecule has 0 saturated carbocycles. The second kappa shape index (κ2) is 3.13. The highest BCUT2D eigenvalue weighted by molar-refractivity contribution is 5.56. The van der Waals surface area contributed by atoms with E-state index >= 15 is 0 Å². The van der Waals surface area contributed by atoms with Gasteiger partial charge in [0.05, 0.1) is 0 Å². The van der Waals surface area contributed by atoms with E-state index in [-0.39, 0.29) is 0 Å². The molecule has 0 spiro atoms. The fourth-order valence-electron chi connectivity index (χ4n) is 1.59. The fourth-order valence-corrected chi connectivity index (χ4v) is 1.59. The van der Waals surface area contributed by atoms with Gasteiger partial charge in [0.15, 0.2) is 0 Å². The highest BCUT2D eigenvalue weighted by Crippen LogP contribution is 2.22. The maximum absolute atomic E-state index is 5.24. The van der Waals surface area contributed by atoms with E-state index in [1.807, 2.05) is 0 Å². The Labute approximate surface area is 71.9 Å². The molecular weight excluding hydrogens is 150 g/mol. The maximum atomic E-state index is 5.24. The summed E-state index contributed by atoms with van der Waals surface area (Å²) >= 11 is 0. The van der Waals surface area contributed by atoms with Crippen molar-refractivity contribution in [3.8, 4) is 0 Å². The van der Waals surface area contributed by atoms with E-state index < -0.39 is 0 Å². The largest absolute Gasteiger partial charge is 0.384 e. The van der Waals surface area contributed by atoms with Gasteiger partial charge in [-0.2, -0.15) is 0 Å². The first-order chi connectivity index (χ1) is 5.90. The molecule has 3 heteroatoms. The molecular formula is C9H13N3. The lowest BCUT2D eigenvalue weighted by Gasteiger charge is -2.03. The van der Waals surface area contributed by atoms with Crippen molar-refractivity contribution in [3.63, 3.8) is 0 Å². The van der Waals surface area contributed by atoms with E-state index in [1.54, 1.807) is 0 Å². The molecule has 4 N–H and O–H groups in total. The molecule has 1 aliphatic rings. The maximum Gasteiger partial charge on any atom is 0.0373 e. The molecule has 0 unspecified atom stereocenters. The molecule has 0 amide bonds. The summed E-state index contributed by atoms with van der Waals surface area (Å²) in [6.45, 7) is 1.81. The van der Waals surface area contributed by atoms with Crippen LogP contribution in [0.1, 0.15) is 11.1 Å². The van der Waals surface area contributed by atoms with Crippen molar-refractivity contribution < 1.29 is 0 Å². The standard InChI is InChI=1S/C9H13N3/c10-12-6-7-1-2-9-8(5-7)3-4-11-9/h1-2,5,11-12H,3-4,6,10H2. The van der Waals surface area contributed by atoms with Gasteiger partial charge in [-0.15, -0.1) is 0 Å². The van der Waals surface area contributed by atoms with Crippen molar-refractivity contribution in [2.75, 3.05) is 11.9 Å². The SMILES string of the molecule is NNCc1ccc2c(c1)CCN2. The van der Waals surface area contributed by atoms with Gasteiger partial charge in [-0.05, 0) is 23.6 Å². The molecule has 0 radical (unpaired) electrons. The predicted molar refractivity (Wildman–Crippen MR) is 49.7 cm³/mol. The molecule has 1 heterocycles. The van der Waals surface area contributed by atoms with Crippen molar-refractivity contribution in [2.45, 2.75) is 13.0 Å². The molecule has 1 aromatic carbocycles. The van der Waals surface area contributed by atoms with Gasteiger partial charge in [0, 0.05) is 18.8 Å². The van der Waals surface area contributed by atoms with Crippen LogP contribution in [0.2, 0.25) is 0 Å². The normalized spacial score (nSPS) is 14.1. The average Bonchev–Trinajstić information content (AvgIpc) is 2.51. The molecule has 1 aromatic rings. The predicted octanol–water partition coefficient (Wildman–Crippen LogP) is 0.618. The second-order valence-corrected chi connectivity index (χ2v) is 3.05. The first-order valence-electron chi connectivity index (χ1n) is 4.19. The molecule has 2 rings (SSSR count). The van der Waals surface area contributed by atoms with Gasteiger partial charge in [0.2, 0.25) is 0 Å². The van der Waals surface area contributed by atoms with E-state index in [9.17, 15) is 0 Å². The van der Waals surface area contributed by atoms with Gasteiger partial charge in [0.1, 0.15) is 0 Å². The molecule has 0 saturated heterocycles. The van der Waals surface area contributed by atoms with Gasteiger partial charge in [-0.3, -0.25) is 11.3 Å². The summed E-state index contributed by atoms with van der Waals surface area (Å²) in [6.07, 6.45) is 1.13. The molecule has 0 bridgehead atoms. The molecule has 12 heavy (non-hydrogen) atoms. The number of nitrogens with one attached hydrogen (secondary N) is 2. The number of hydrogen-bond donors (Lipinski definition) is 3. The van der Waals surface area contributed by atoms with Crippen molar-refractivity contribution in [1.82, 2.24) is 5.43 Å². The second-order valence-electron chi connectivity index (χ2n) is 3.05. The Bertz CT molecular complexity index is 283. The summed E-state index contributed by atoms with van der Waals surface area (Å²) in [5, 5.41) is 3.32. The highest BCUT2D eigenvalue weighted by Gasteiger charge is 2.08. The minimum atomic E-state index is 0.743. The number of nitrogens with two attached hydrogens (primary N) is 1. The summed E-state index contributed by atoms with van der Waals surface area (Å²) in [6, 6.07) is 6.42. The molecule has 3 nitrogen and oxygen atoms in total. The number of hydrogen-bond acceptors (Lipinski definition) is 3. The fraction of sp³-hybridized carbons (Fsp3) is 0.333. The molecule has 0 fully saturated rings. The van der Waals surface area contributed by atoms with Gasteiger partial charge in [0.25, 0.3) is 0 Å².